The number of rotatable bonds is 5. The summed E-state index contributed by atoms with van der Waals surface area (Å²) in [6.07, 6.45) is 3.13. The normalized spacial score (nSPS) is 22.6. The summed E-state index contributed by atoms with van der Waals surface area (Å²) in [5, 5.41) is 3.21. The van der Waals surface area contributed by atoms with Gasteiger partial charge in [-0.1, -0.05) is 44.5 Å². The average molecular weight is 316 g/mol. The Labute approximate surface area is 138 Å². The third-order valence-electron chi connectivity index (χ3n) is 4.94. The number of primary amides is 1. The zero-order valence-corrected chi connectivity index (χ0v) is 14.3. The Morgan fingerprint density at radius 2 is 1.83 bits per heavy atom. The molecule has 1 aromatic carbocycles. The van der Waals surface area contributed by atoms with E-state index in [2.05, 4.69) is 38.2 Å². The second-order valence-corrected chi connectivity index (χ2v) is 7.05. The number of nitrogens with two attached hydrogens (primary N) is 1. The molecular formula is C19H28N2O2. The lowest BCUT2D eigenvalue weighted by Gasteiger charge is -2.30. The van der Waals surface area contributed by atoms with Gasteiger partial charge in [0.25, 0.3) is 0 Å². The molecule has 0 bridgehead atoms. The van der Waals surface area contributed by atoms with Gasteiger partial charge in [0.2, 0.25) is 11.8 Å². The minimum atomic E-state index is -0.276. The fourth-order valence-corrected chi connectivity index (χ4v) is 3.50. The van der Waals surface area contributed by atoms with E-state index >= 15 is 0 Å². The number of amides is 2. The van der Waals surface area contributed by atoms with Crippen LogP contribution in [0.3, 0.4) is 0 Å². The molecule has 23 heavy (non-hydrogen) atoms. The first-order chi connectivity index (χ1) is 10.9. The van der Waals surface area contributed by atoms with Gasteiger partial charge in [-0.2, -0.15) is 0 Å². The fourth-order valence-electron chi connectivity index (χ4n) is 3.50. The highest BCUT2D eigenvalue weighted by Crippen LogP contribution is 2.31. The molecule has 0 radical (unpaired) electrons. The molecule has 4 nitrogen and oxygen atoms in total. The summed E-state index contributed by atoms with van der Waals surface area (Å²) in [6, 6.07) is 8.16. The Balaban J connectivity index is 2.10. The van der Waals surface area contributed by atoms with Crippen molar-refractivity contribution in [1.29, 1.82) is 0 Å². The fraction of sp³-hybridized carbons (Fsp3) is 0.579. The number of hydrogen-bond donors (Lipinski definition) is 2. The molecule has 1 saturated carbocycles. The van der Waals surface area contributed by atoms with Gasteiger partial charge in [0.1, 0.15) is 0 Å². The van der Waals surface area contributed by atoms with Gasteiger partial charge < -0.3 is 11.1 Å². The van der Waals surface area contributed by atoms with Gasteiger partial charge >= 0.3 is 0 Å². The van der Waals surface area contributed by atoms with E-state index < -0.39 is 0 Å². The smallest absolute Gasteiger partial charge is 0.223 e. The zero-order chi connectivity index (χ0) is 17.0. The lowest BCUT2D eigenvalue weighted by molar-refractivity contribution is -0.129. The monoisotopic (exact) mass is 316 g/mol. The van der Waals surface area contributed by atoms with Crippen molar-refractivity contribution < 1.29 is 9.59 Å². The van der Waals surface area contributed by atoms with E-state index in [1.165, 1.54) is 5.56 Å². The summed E-state index contributed by atoms with van der Waals surface area (Å²) in [5.74, 6) is -0.183. The van der Waals surface area contributed by atoms with E-state index in [0.29, 0.717) is 12.3 Å². The van der Waals surface area contributed by atoms with Gasteiger partial charge in [-0.3, -0.25) is 9.59 Å². The van der Waals surface area contributed by atoms with Crippen LogP contribution in [0.5, 0.6) is 0 Å². The van der Waals surface area contributed by atoms with E-state index in [0.717, 1.165) is 24.8 Å². The molecule has 1 aliphatic rings. The van der Waals surface area contributed by atoms with Gasteiger partial charge in [0, 0.05) is 11.8 Å². The number of aryl methyl sites for hydroxylation is 1. The molecule has 2 rings (SSSR count). The largest absolute Gasteiger partial charge is 0.369 e. The first-order valence-corrected chi connectivity index (χ1v) is 8.55. The van der Waals surface area contributed by atoms with Gasteiger partial charge in [-0.05, 0) is 43.2 Å². The van der Waals surface area contributed by atoms with E-state index in [1.54, 1.807) is 0 Å². The molecule has 4 heteroatoms. The highest BCUT2D eigenvalue weighted by atomic mass is 16.2. The molecule has 0 aliphatic heterocycles. The van der Waals surface area contributed by atoms with Crippen LogP contribution in [0.2, 0.25) is 0 Å². The van der Waals surface area contributed by atoms with E-state index in [4.69, 9.17) is 5.73 Å². The standard InChI is InChI=1S/C19H28N2O2/c1-12(2)17(16-10-5-4-7-13(16)3)21-19(23)15-9-6-8-14(11-15)18(20)22/h4-5,7,10,12,14-15,17H,6,8-9,11H2,1-3H3,(H2,20,22)(H,21,23). The van der Waals surface area contributed by atoms with Crippen molar-refractivity contribution in [2.24, 2.45) is 23.5 Å². The first-order valence-electron chi connectivity index (χ1n) is 8.55. The molecule has 126 valence electrons. The Morgan fingerprint density at radius 1 is 1.17 bits per heavy atom. The number of carbonyl (C=O) groups excluding carboxylic acids is 2. The van der Waals surface area contributed by atoms with Gasteiger partial charge in [-0.15, -0.1) is 0 Å². The Morgan fingerprint density at radius 3 is 2.43 bits per heavy atom. The van der Waals surface area contributed by atoms with Crippen molar-refractivity contribution in [3.05, 3.63) is 35.4 Å². The SMILES string of the molecule is Cc1ccccc1C(NC(=O)C1CCCC(C(N)=O)C1)C(C)C. The van der Waals surface area contributed by atoms with Crippen molar-refractivity contribution in [2.45, 2.75) is 52.5 Å². The molecule has 1 fully saturated rings. The minimum Gasteiger partial charge on any atom is -0.369 e. The molecule has 3 N–H and O–H groups in total. The minimum absolute atomic E-state index is 0.00217. The Kier molecular flexibility index (Phi) is 5.80. The second kappa shape index (κ2) is 7.62. The van der Waals surface area contributed by atoms with Crippen LogP contribution < -0.4 is 11.1 Å². The molecule has 1 aromatic rings. The molecule has 0 heterocycles. The molecule has 3 atom stereocenters. The molecule has 0 saturated heterocycles. The average Bonchev–Trinajstić information content (AvgIpc) is 2.53. The Hall–Kier alpha value is -1.84. The lowest BCUT2D eigenvalue weighted by atomic mass is 9.80. The predicted molar refractivity (Wildman–Crippen MR) is 91.5 cm³/mol. The maximum Gasteiger partial charge on any atom is 0.223 e. The Bertz CT molecular complexity index is 568. The van der Waals surface area contributed by atoms with Crippen molar-refractivity contribution in [1.82, 2.24) is 5.32 Å². The molecule has 2 amide bonds. The number of benzene rings is 1. The summed E-state index contributed by atoms with van der Waals surface area (Å²) in [5.41, 5.74) is 7.77. The summed E-state index contributed by atoms with van der Waals surface area (Å²) in [7, 11) is 0. The first kappa shape index (κ1) is 17.5. The van der Waals surface area contributed by atoms with Crippen molar-refractivity contribution >= 4 is 11.8 Å². The maximum atomic E-state index is 12.7. The third kappa shape index (κ3) is 4.34. The van der Waals surface area contributed by atoms with E-state index in [-0.39, 0.29) is 29.7 Å². The predicted octanol–water partition coefficient (Wildman–Crippen LogP) is 3.10. The molecule has 3 unspecified atom stereocenters. The molecule has 0 aromatic heterocycles. The summed E-state index contributed by atoms with van der Waals surface area (Å²) < 4.78 is 0. The topological polar surface area (TPSA) is 72.2 Å². The van der Waals surface area contributed by atoms with Crippen molar-refractivity contribution in [3.8, 4) is 0 Å². The summed E-state index contributed by atoms with van der Waals surface area (Å²) in [4.78, 5) is 24.1. The number of carbonyl (C=O) groups is 2. The highest BCUT2D eigenvalue weighted by molar-refractivity contribution is 5.82. The van der Waals surface area contributed by atoms with Crippen LogP contribution >= 0.6 is 0 Å². The second-order valence-electron chi connectivity index (χ2n) is 7.05. The third-order valence-corrected chi connectivity index (χ3v) is 4.94. The van der Waals surface area contributed by atoms with Crippen molar-refractivity contribution in [3.63, 3.8) is 0 Å². The molecule has 0 spiro atoms. The van der Waals surface area contributed by atoms with Crippen LogP contribution in [0.1, 0.15) is 56.7 Å². The van der Waals surface area contributed by atoms with Gasteiger partial charge in [0.05, 0.1) is 6.04 Å². The van der Waals surface area contributed by atoms with Gasteiger partial charge in [0.15, 0.2) is 0 Å². The van der Waals surface area contributed by atoms with Crippen LogP contribution in [0, 0.1) is 24.7 Å². The van der Waals surface area contributed by atoms with Crippen LogP contribution in [-0.4, -0.2) is 11.8 Å². The maximum absolute atomic E-state index is 12.7. The van der Waals surface area contributed by atoms with Crippen LogP contribution in [0.4, 0.5) is 0 Å². The van der Waals surface area contributed by atoms with Crippen molar-refractivity contribution in [2.75, 3.05) is 0 Å². The summed E-state index contributed by atoms with van der Waals surface area (Å²) >= 11 is 0. The van der Waals surface area contributed by atoms with Crippen LogP contribution in [-0.2, 0) is 9.59 Å². The lowest BCUT2D eigenvalue weighted by Crippen LogP contribution is -2.40. The quantitative estimate of drug-likeness (QED) is 0.876. The molecular weight excluding hydrogens is 288 g/mol. The number of hydrogen-bond acceptors (Lipinski definition) is 2. The molecule has 1 aliphatic carbocycles. The van der Waals surface area contributed by atoms with Gasteiger partial charge in [-0.25, -0.2) is 0 Å². The highest BCUT2D eigenvalue weighted by Gasteiger charge is 2.31. The van der Waals surface area contributed by atoms with Crippen LogP contribution in [0.25, 0.3) is 0 Å². The number of nitrogens with one attached hydrogen (secondary N) is 1. The van der Waals surface area contributed by atoms with E-state index in [1.807, 2.05) is 12.1 Å². The zero-order valence-electron chi connectivity index (χ0n) is 14.3. The van der Waals surface area contributed by atoms with E-state index in [9.17, 15) is 9.59 Å². The summed E-state index contributed by atoms with van der Waals surface area (Å²) in [6.45, 7) is 6.30. The van der Waals surface area contributed by atoms with Crippen LogP contribution in [0.15, 0.2) is 24.3 Å².